The van der Waals surface area contributed by atoms with Crippen LogP contribution in [0.4, 0.5) is 11.5 Å². The van der Waals surface area contributed by atoms with E-state index in [1.54, 1.807) is 6.20 Å². The highest BCUT2D eigenvalue weighted by molar-refractivity contribution is 5.99. The molecule has 1 aromatic heterocycles. The second kappa shape index (κ2) is 7.47. The third-order valence-corrected chi connectivity index (χ3v) is 4.85. The second-order valence-corrected chi connectivity index (χ2v) is 6.58. The average Bonchev–Trinajstić information content (AvgIpc) is 2.60. The standard InChI is InChI=1S/C20H25N3O/c1-14-8-6-12-18(15(14)2)23-19-17(11-7-13-21-19)20(24)22-16-9-4-3-5-10-16/h6-8,11-13,16H,3-5,9-10H2,1-2H3,(H,21,23)(H,22,24). The fourth-order valence-electron chi connectivity index (χ4n) is 3.21. The lowest BCUT2D eigenvalue weighted by Crippen LogP contribution is -2.36. The fourth-order valence-corrected chi connectivity index (χ4v) is 3.21. The number of hydrogen-bond donors (Lipinski definition) is 2. The van der Waals surface area contributed by atoms with Crippen LogP contribution in [0.15, 0.2) is 36.5 Å². The van der Waals surface area contributed by atoms with Gasteiger partial charge in [-0.2, -0.15) is 0 Å². The lowest BCUT2D eigenvalue weighted by atomic mass is 9.95. The molecular weight excluding hydrogens is 298 g/mol. The largest absolute Gasteiger partial charge is 0.349 e. The zero-order valence-electron chi connectivity index (χ0n) is 14.4. The molecule has 0 radical (unpaired) electrons. The summed E-state index contributed by atoms with van der Waals surface area (Å²) in [7, 11) is 0. The Morgan fingerprint density at radius 3 is 2.67 bits per heavy atom. The van der Waals surface area contributed by atoms with Crippen LogP contribution in [0.5, 0.6) is 0 Å². The Kier molecular flexibility index (Phi) is 5.14. The van der Waals surface area contributed by atoms with E-state index < -0.39 is 0 Å². The maximum Gasteiger partial charge on any atom is 0.255 e. The number of benzene rings is 1. The van der Waals surface area contributed by atoms with Crippen molar-refractivity contribution in [2.75, 3.05) is 5.32 Å². The first-order chi connectivity index (χ1) is 11.6. The third kappa shape index (κ3) is 3.75. The number of nitrogens with zero attached hydrogens (tertiary/aromatic N) is 1. The van der Waals surface area contributed by atoms with Gasteiger partial charge in [-0.15, -0.1) is 0 Å². The van der Waals surface area contributed by atoms with Crippen molar-refractivity contribution in [1.29, 1.82) is 0 Å². The molecule has 4 nitrogen and oxygen atoms in total. The van der Waals surface area contributed by atoms with Gasteiger partial charge in [-0.1, -0.05) is 31.4 Å². The molecule has 1 aliphatic rings. The number of carbonyl (C=O) groups excluding carboxylic acids is 1. The van der Waals surface area contributed by atoms with Gasteiger partial charge in [-0.25, -0.2) is 4.98 Å². The highest BCUT2D eigenvalue weighted by atomic mass is 16.1. The van der Waals surface area contributed by atoms with Crippen molar-refractivity contribution >= 4 is 17.4 Å². The van der Waals surface area contributed by atoms with Crippen LogP contribution >= 0.6 is 0 Å². The first-order valence-corrected chi connectivity index (χ1v) is 8.74. The van der Waals surface area contributed by atoms with Crippen LogP contribution in [0, 0.1) is 13.8 Å². The number of rotatable bonds is 4. The molecule has 2 N–H and O–H groups in total. The molecule has 2 aromatic rings. The monoisotopic (exact) mass is 323 g/mol. The van der Waals surface area contributed by atoms with E-state index >= 15 is 0 Å². The highest BCUT2D eigenvalue weighted by Gasteiger charge is 2.19. The first-order valence-electron chi connectivity index (χ1n) is 8.74. The Morgan fingerprint density at radius 2 is 1.88 bits per heavy atom. The van der Waals surface area contributed by atoms with Gasteiger partial charge in [0, 0.05) is 17.9 Å². The van der Waals surface area contributed by atoms with Gasteiger partial charge in [0.05, 0.1) is 5.56 Å². The van der Waals surface area contributed by atoms with Crippen LogP contribution in [-0.2, 0) is 0 Å². The molecule has 1 amide bonds. The summed E-state index contributed by atoms with van der Waals surface area (Å²) in [5, 5.41) is 6.50. The summed E-state index contributed by atoms with van der Waals surface area (Å²) in [4.78, 5) is 17.1. The summed E-state index contributed by atoms with van der Waals surface area (Å²) in [6.07, 6.45) is 7.54. The van der Waals surface area contributed by atoms with Crippen molar-refractivity contribution in [3.05, 3.63) is 53.2 Å². The summed E-state index contributed by atoms with van der Waals surface area (Å²) in [5.74, 6) is 0.572. The topological polar surface area (TPSA) is 54.0 Å². The smallest absolute Gasteiger partial charge is 0.255 e. The molecular formula is C20H25N3O. The molecule has 126 valence electrons. The summed E-state index contributed by atoms with van der Waals surface area (Å²) in [5.41, 5.74) is 3.97. The molecule has 0 saturated heterocycles. The molecule has 1 aromatic carbocycles. The van der Waals surface area contributed by atoms with Crippen LogP contribution in [0.1, 0.15) is 53.6 Å². The molecule has 0 unspecified atom stereocenters. The van der Waals surface area contributed by atoms with Gasteiger partial charge in [0.15, 0.2) is 0 Å². The van der Waals surface area contributed by atoms with E-state index in [2.05, 4.69) is 35.5 Å². The molecule has 1 heterocycles. The number of amides is 1. The Hall–Kier alpha value is -2.36. The van der Waals surface area contributed by atoms with E-state index in [1.165, 1.54) is 30.4 Å². The molecule has 1 saturated carbocycles. The van der Waals surface area contributed by atoms with Gasteiger partial charge in [-0.05, 0) is 56.0 Å². The minimum Gasteiger partial charge on any atom is -0.349 e. The molecule has 3 rings (SSSR count). The van der Waals surface area contributed by atoms with Gasteiger partial charge in [0.2, 0.25) is 0 Å². The fraction of sp³-hybridized carbons (Fsp3) is 0.400. The number of pyridine rings is 1. The molecule has 0 spiro atoms. The van der Waals surface area contributed by atoms with E-state index in [0.717, 1.165) is 18.5 Å². The lowest BCUT2D eigenvalue weighted by molar-refractivity contribution is 0.0928. The Bertz CT molecular complexity index is 721. The summed E-state index contributed by atoms with van der Waals surface area (Å²) in [6.45, 7) is 4.15. The molecule has 0 bridgehead atoms. The maximum absolute atomic E-state index is 12.7. The van der Waals surface area contributed by atoms with Gasteiger partial charge in [0.1, 0.15) is 5.82 Å². The number of aryl methyl sites for hydroxylation is 1. The van der Waals surface area contributed by atoms with E-state index in [0.29, 0.717) is 17.4 Å². The molecule has 1 fully saturated rings. The summed E-state index contributed by atoms with van der Waals surface area (Å²) < 4.78 is 0. The van der Waals surface area contributed by atoms with E-state index in [-0.39, 0.29) is 5.91 Å². The minimum atomic E-state index is -0.0391. The van der Waals surface area contributed by atoms with Crippen LogP contribution < -0.4 is 10.6 Å². The molecule has 4 heteroatoms. The second-order valence-electron chi connectivity index (χ2n) is 6.58. The Labute approximate surface area is 143 Å². The van der Waals surface area contributed by atoms with Crippen molar-refractivity contribution in [3.8, 4) is 0 Å². The van der Waals surface area contributed by atoms with E-state index in [1.807, 2.05) is 24.3 Å². The SMILES string of the molecule is Cc1cccc(Nc2ncccc2C(=O)NC2CCCCC2)c1C. The minimum absolute atomic E-state index is 0.0391. The van der Waals surface area contributed by atoms with Gasteiger partial charge in [0.25, 0.3) is 5.91 Å². The van der Waals surface area contributed by atoms with Crippen molar-refractivity contribution < 1.29 is 4.79 Å². The molecule has 0 aliphatic heterocycles. The Balaban J connectivity index is 1.79. The van der Waals surface area contributed by atoms with Crippen molar-refractivity contribution in [2.45, 2.75) is 52.0 Å². The number of hydrogen-bond acceptors (Lipinski definition) is 3. The van der Waals surface area contributed by atoms with Crippen molar-refractivity contribution in [2.24, 2.45) is 0 Å². The van der Waals surface area contributed by atoms with Crippen molar-refractivity contribution in [1.82, 2.24) is 10.3 Å². The lowest BCUT2D eigenvalue weighted by Gasteiger charge is -2.23. The maximum atomic E-state index is 12.7. The molecule has 0 atom stereocenters. The van der Waals surface area contributed by atoms with Crippen LogP contribution in [0.3, 0.4) is 0 Å². The van der Waals surface area contributed by atoms with Gasteiger partial charge >= 0.3 is 0 Å². The van der Waals surface area contributed by atoms with E-state index in [4.69, 9.17) is 0 Å². The number of nitrogens with one attached hydrogen (secondary N) is 2. The number of aromatic nitrogens is 1. The van der Waals surface area contributed by atoms with E-state index in [9.17, 15) is 4.79 Å². The van der Waals surface area contributed by atoms with Crippen LogP contribution in [0.25, 0.3) is 0 Å². The van der Waals surface area contributed by atoms with Gasteiger partial charge in [-0.3, -0.25) is 4.79 Å². The van der Waals surface area contributed by atoms with Crippen molar-refractivity contribution in [3.63, 3.8) is 0 Å². The molecule has 1 aliphatic carbocycles. The average molecular weight is 323 g/mol. The number of anilines is 2. The quantitative estimate of drug-likeness (QED) is 0.870. The highest BCUT2D eigenvalue weighted by Crippen LogP contribution is 2.24. The zero-order chi connectivity index (χ0) is 16.9. The molecule has 24 heavy (non-hydrogen) atoms. The predicted molar refractivity (Wildman–Crippen MR) is 97.8 cm³/mol. The third-order valence-electron chi connectivity index (χ3n) is 4.85. The Morgan fingerprint density at radius 1 is 1.08 bits per heavy atom. The summed E-state index contributed by atoms with van der Waals surface area (Å²) >= 11 is 0. The van der Waals surface area contributed by atoms with Crippen LogP contribution in [0.2, 0.25) is 0 Å². The van der Waals surface area contributed by atoms with Gasteiger partial charge < -0.3 is 10.6 Å². The normalized spacial score (nSPS) is 15.1. The first kappa shape index (κ1) is 16.5. The number of carbonyl (C=O) groups is 1. The van der Waals surface area contributed by atoms with Crippen LogP contribution in [-0.4, -0.2) is 16.9 Å². The summed E-state index contributed by atoms with van der Waals surface area (Å²) in [6, 6.07) is 10.0. The predicted octanol–water partition coefficient (Wildman–Crippen LogP) is 4.50. The zero-order valence-corrected chi connectivity index (χ0v) is 14.4.